The third-order valence-corrected chi connectivity index (χ3v) is 16.2. The molecule has 7 atom stereocenters. The van der Waals surface area contributed by atoms with Gasteiger partial charge in [0.15, 0.2) is 5.78 Å². The number of carbonyl (C=O) groups is 4. The van der Waals surface area contributed by atoms with Gasteiger partial charge in [0.2, 0.25) is 0 Å². The second-order valence-corrected chi connectivity index (χ2v) is 18.7. The second kappa shape index (κ2) is 10.0. The van der Waals surface area contributed by atoms with Crippen LogP contribution in [0.5, 0.6) is 0 Å². The fourth-order valence-corrected chi connectivity index (χ4v) is 13.9. The SMILES string of the molecule is C=CCOC(=O)C1C(=O)C2=C3CC[C@H](C#N)[C@@]3(C)CC[C@@H]2[C@@]2(C=O)C(=O)C[C@H]([Si](C)(C)c3ccccc3)C(C)(C)[C@@H]12. The Morgan fingerprint density at radius 3 is 2.46 bits per heavy atom. The number of esters is 1. The molecule has 0 aliphatic heterocycles. The Bertz CT molecular complexity index is 1390. The second-order valence-electron chi connectivity index (χ2n) is 14.0. The third kappa shape index (κ3) is 3.93. The quantitative estimate of drug-likeness (QED) is 0.150. The van der Waals surface area contributed by atoms with Gasteiger partial charge >= 0.3 is 5.97 Å². The molecule has 41 heavy (non-hydrogen) atoms. The minimum absolute atomic E-state index is 0.0605. The number of rotatable bonds is 6. The Balaban J connectivity index is 1.75. The Kier molecular flexibility index (Phi) is 7.17. The van der Waals surface area contributed by atoms with Gasteiger partial charge in [-0.2, -0.15) is 5.26 Å². The number of nitrogens with zero attached hydrogens (tertiary/aromatic N) is 1. The Morgan fingerprint density at radius 1 is 1.17 bits per heavy atom. The number of aldehydes is 1. The third-order valence-electron chi connectivity index (χ3n) is 11.6. The number of fused-ring (bicyclic) bond motifs is 4. The van der Waals surface area contributed by atoms with E-state index in [0.29, 0.717) is 31.3 Å². The highest BCUT2D eigenvalue weighted by molar-refractivity contribution is 6.91. The fraction of sp³-hybridized carbons (Fsp3) is 0.559. The lowest BCUT2D eigenvalue weighted by atomic mass is 9.41. The first-order chi connectivity index (χ1) is 19.3. The number of carbonyl (C=O) groups excluding carboxylic acids is 4. The summed E-state index contributed by atoms with van der Waals surface area (Å²) >= 11 is 0. The van der Waals surface area contributed by atoms with Gasteiger partial charge in [-0.25, -0.2) is 0 Å². The molecule has 0 N–H and O–H groups in total. The Hall–Kier alpha value is -3.11. The van der Waals surface area contributed by atoms with Gasteiger partial charge in [-0.05, 0) is 36.6 Å². The smallest absolute Gasteiger partial charge is 0.317 e. The van der Waals surface area contributed by atoms with Gasteiger partial charge in [-0.3, -0.25) is 14.4 Å². The van der Waals surface area contributed by atoms with Crippen LogP contribution < -0.4 is 5.19 Å². The normalized spacial score (nSPS) is 36.0. The van der Waals surface area contributed by atoms with E-state index in [9.17, 15) is 24.4 Å². The number of allylic oxidation sites excluding steroid dienone is 2. The zero-order chi connectivity index (χ0) is 30.0. The fourth-order valence-electron chi connectivity index (χ4n) is 9.69. The van der Waals surface area contributed by atoms with Crippen LogP contribution in [0.1, 0.15) is 52.9 Å². The molecule has 0 heterocycles. The zero-order valence-electron chi connectivity index (χ0n) is 24.9. The summed E-state index contributed by atoms with van der Waals surface area (Å²) in [5.74, 6) is -4.09. The molecule has 1 aromatic rings. The van der Waals surface area contributed by atoms with Crippen LogP contribution in [0.4, 0.5) is 0 Å². The standard InChI is InChI=1S/C34H41NO5Si/c1-7-17-40-31(39)28-29(38)27-23-14-13-21(19-35)33(23,4)16-15-24(27)34(20-36)25(37)18-26(32(2,3)30(28)34)41(5,6)22-11-9-8-10-12-22/h7-12,20-21,24,26,28,30H,1,13-18H2,2-6H3/t21-,24+,26+,28?,30-,33-,34+/m1/s1. The summed E-state index contributed by atoms with van der Waals surface area (Å²) in [6.45, 7) is 14.2. The van der Waals surface area contributed by atoms with Crippen LogP contribution in [0.3, 0.4) is 0 Å². The summed E-state index contributed by atoms with van der Waals surface area (Å²) in [5.41, 5.74) is -1.47. The molecule has 216 valence electrons. The van der Waals surface area contributed by atoms with Crippen molar-refractivity contribution in [2.24, 2.45) is 39.9 Å². The number of ketones is 2. The lowest BCUT2D eigenvalue weighted by Gasteiger charge is -2.63. The van der Waals surface area contributed by atoms with Crippen LogP contribution >= 0.6 is 0 Å². The van der Waals surface area contributed by atoms with Crippen LogP contribution in [0.15, 0.2) is 54.1 Å². The summed E-state index contributed by atoms with van der Waals surface area (Å²) in [4.78, 5) is 56.7. The van der Waals surface area contributed by atoms with E-state index in [2.05, 4.69) is 51.7 Å². The highest BCUT2D eigenvalue weighted by Gasteiger charge is 2.72. The van der Waals surface area contributed by atoms with E-state index in [1.807, 2.05) is 25.1 Å². The van der Waals surface area contributed by atoms with Gasteiger partial charge in [0.25, 0.3) is 0 Å². The van der Waals surface area contributed by atoms with Crippen molar-refractivity contribution in [3.63, 3.8) is 0 Å². The lowest BCUT2D eigenvalue weighted by molar-refractivity contribution is -0.175. The van der Waals surface area contributed by atoms with Crippen molar-refractivity contribution in [1.29, 1.82) is 5.26 Å². The monoisotopic (exact) mass is 571 g/mol. The number of hydrogen-bond acceptors (Lipinski definition) is 6. The van der Waals surface area contributed by atoms with E-state index in [1.54, 1.807) is 0 Å². The van der Waals surface area contributed by atoms with Crippen molar-refractivity contribution in [3.05, 3.63) is 54.1 Å². The van der Waals surface area contributed by atoms with Crippen molar-refractivity contribution < 1.29 is 23.9 Å². The average Bonchev–Trinajstić information content (AvgIpc) is 3.30. The molecular formula is C34H41NO5Si. The predicted molar refractivity (Wildman–Crippen MR) is 159 cm³/mol. The van der Waals surface area contributed by atoms with E-state index in [1.165, 1.54) is 11.3 Å². The van der Waals surface area contributed by atoms with E-state index in [0.717, 1.165) is 11.9 Å². The molecule has 0 aromatic heterocycles. The molecule has 0 radical (unpaired) electrons. The molecule has 1 aromatic carbocycles. The van der Waals surface area contributed by atoms with Crippen LogP contribution in [0, 0.1) is 51.2 Å². The van der Waals surface area contributed by atoms with Gasteiger partial charge in [-0.15, -0.1) is 0 Å². The van der Waals surface area contributed by atoms with Gasteiger partial charge in [0.05, 0.1) is 25.5 Å². The molecule has 0 amide bonds. The number of benzene rings is 1. The van der Waals surface area contributed by atoms with Crippen LogP contribution in [0.2, 0.25) is 18.6 Å². The van der Waals surface area contributed by atoms with Crippen molar-refractivity contribution in [2.75, 3.05) is 6.61 Å². The Labute approximate surface area is 244 Å². The first-order valence-corrected chi connectivity index (χ1v) is 17.9. The molecule has 4 aliphatic rings. The van der Waals surface area contributed by atoms with E-state index in [4.69, 9.17) is 4.74 Å². The largest absolute Gasteiger partial charge is 0.461 e. The highest BCUT2D eigenvalue weighted by Crippen LogP contribution is 2.69. The zero-order valence-corrected chi connectivity index (χ0v) is 25.9. The maximum Gasteiger partial charge on any atom is 0.317 e. The van der Waals surface area contributed by atoms with E-state index >= 15 is 0 Å². The van der Waals surface area contributed by atoms with Gasteiger partial charge < -0.3 is 9.53 Å². The summed E-state index contributed by atoms with van der Waals surface area (Å²) in [5, 5.41) is 11.1. The maximum atomic E-state index is 14.7. The molecule has 3 fully saturated rings. The number of nitriles is 1. The van der Waals surface area contributed by atoms with Crippen molar-refractivity contribution in [1.82, 2.24) is 0 Å². The molecule has 1 unspecified atom stereocenters. The van der Waals surface area contributed by atoms with Crippen molar-refractivity contribution in [2.45, 2.75) is 71.5 Å². The number of Topliss-reactive ketones (excluding diaryl/α,β-unsaturated/α-hetero) is 2. The van der Waals surface area contributed by atoms with Crippen molar-refractivity contribution in [3.8, 4) is 6.07 Å². The molecule has 7 heteroatoms. The van der Waals surface area contributed by atoms with Gasteiger partial charge in [-0.1, -0.05) is 87.6 Å². The summed E-state index contributed by atoms with van der Waals surface area (Å²) < 4.78 is 5.56. The lowest BCUT2D eigenvalue weighted by Crippen LogP contribution is -2.69. The topological polar surface area (TPSA) is 101 Å². The Morgan fingerprint density at radius 2 is 1.85 bits per heavy atom. The average molecular weight is 572 g/mol. The molecule has 6 nitrogen and oxygen atoms in total. The molecule has 4 aliphatic carbocycles. The minimum Gasteiger partial charge on any atom is -0.461 e. The molecule has 5 rings (SSSR count). The van der Waals surface area contributed by atoms with Crippen molar-refractivity contribution >= 4 is 37.1 Å². The first-order valence-electron chi connectivity index (χ1n) is 14.8. The molecule has 0 saturated heterocycles. The van der Waals surface area contributed by atoms with E-state index < -0.39 is 48.0 Å². The maximum absolute atomic E-state index is 14.7. The predicted octanol–water partition coefficient (Wildman–Crippen LogP) is 5.35. The summed E-state index contributed by atoms with van der Waals surface area (Å²) in [6, 6.07) is 12.6. The first kappa shape index (κ1) is 29.4. The summed E-state index contributed by atoms with van der Waals surface area (Å²) in [7, 11) is -2.34. The molecule has 0 bridgehead atoms. The van der Waals surface area contributed by atoms with Gasteiger partial charge in [0.1, 0.15) is 24.6 Å². The highest BCUT2D eigenvalue weighted by atomic mass is 28.3. The number of hydrogen-bond donors (Lipinski definition) is 0. The molecule has 0 spiro atoms. The van der Waals surface area contributed by atoms with Crippen LogP contribution in [-0.4, -0.2) is 38.5 Å². The molecule has 3 saturated carbocycles. The minimum atomic E-state index is -2.34. The summed E-state index contributed by atoms with van der Waals surface area (Å²) in [6.07, 6.45) is 4.78. The molecular weight excluding hydrogens is 530 g/mol. The number of ether oxygens (including phenoxy) is 1. The van der Waals surface area contributed by atoms with Gasteiger partial charge in [0, 0.05) is 29.2 Å². The van der Waals surface area contributed by atoms with E-state index in [-0.39, 0.29) is 36.1 Å². The van der Waals surface area contributed by atoms with Crippen LogP contribution in [-0.2, 0) is 23.9 Å². The van der Waals surface area contributed by atoms with Crippen LogP contribution in [0.25, 0.3) is 0 Å².